The summed E-state index contributed by atoms with van der Waals surface area (Å²) < 4.78 is 0. The molecule has 2 rings (SSSR count). The Labute approximate surface area is 97.3 Å². The normalized spacial score (nSPS) is 12.9. The first-order valence-electron chi connectivity index (χ1n) is 4.75. The van der Waals surface area contributed by atoms with Gasteiger partial charge in [-0.1, -0.05) is 0 Å². The summed E-state index contributed by atoms with van der Waals surface area (Å²) in [6.07, 6.45) is 3.73. The highest BCUT2D eigenvalue weighted by atomic mass is 32.2. The van der Waals surface area contributed by atoms with E-state index in [9.17, 15) is 0 Å². The number of nitrogens with zero attached hydrogens (tertiary/aromatic N) is 2. The summed E-state index contributed by atoms with van der Waals surface area (Å²) in [4.78, 5) is 9.54. The van der Waals surface area contributed by atoms with Gasteiger partial charge in [-0.15, -0.1) is 11.3 Å². The smallest absolute Gasteiger partial charge is 0.138 e. The molecule has 3 nitrogen and oxygen atoms in total. The highest BCUT2D eigenvalue weighted by molar-refractivity contribution is 7.98. The van der Waals surface area contributed by atoms with Crippen molar-refractivity contribution in [1.82, 2.24) is 9.97 Å². The van der Waals surface area contributed by atoms with Crippen LogP contribution in [0.2, 0.25) is 0 Å². The van der Waals surface area contributed by atoms with Crippen LogP contribution in [0.4, 0.5) is 5.82 Å². The number of thiophene rings is 1. The minimum Gasteiger partial charge on any atom is -0.366 e. The van der Waals surface area contributed by atoms with Crippen molar-refractivity contribution in [3.63, 3.8) is 0 Å². The Balaban J connectivity index is 2.23. The summed E-state index contributed by atoms with van der Waals surface area (Å²) in [6, 6.07) is 2.49. The minimum absolute atomic E-state index is 0.429. The second-order valence-electron chi connectivity index (χ2n) is 3.36. The lowest BCUT2D eigenvalue weighted by molar-refractivity contribution is 0.904. The minimum atomic E-state index is 0.429. The average Bonchev–Trinajstić information content (AvgIpc) is 2.67. The van der Waals surface area contributed by atoms with Crippen LogP contribution in [0.5, 0.6) is 0 Å². The molecule has 0 spiro atoms. The Morgan fingerprint density at radius 2 is 2.40 bits per heavy atom. The van der Waals surface area contributed by atoms with Crippen LogP contribution in [0.15, 0.2) is 17.8 Å². The van der Waals surface area contributed by atoms with Crippen molar-refractivity contribution >= 4 is 39.1 Å². The van der Waals surface area contributed by atoms with E-state index < -0.39 is 0 Å². The lowest BCUT2D eigenvalue weighted by atomic mass is 10.3. The second-order valence-corrected chi connectivity index (χ2v) is 5.17. The molecule has 2 aromatic rings. The molecule has 0 aromatic carbocycles. The highest BCUT2D eigenvalue weighted by Crippen LogP contribution is 2.24. The number of aromatic nitrogens is 2. The van der Waals surface area contributed by atoms with Gasteiger partial charge in [-0.2, -0.15) is 11.8 Å². The Morgan fingerprint density at radius 1 is 1.53 bits per heavy atom. The first-order valence-corrected chi connectivity index (χ1v) is 7.02. The van der Waals surface area contributed by atoms with Crippen LogP contribution in [0.25, 0.3) is 10.2 Å². The van der Waals surface area contributed by atoms with E-state index in [0.29, 0.717) is 6.04 Å². The van der Waals surface area contributed by atoms with Gasteiger partial charge in [0.1, 0.15) is 17.0 Å². The summed E-state index contributed by atoms with van der Waals surface area (Å²) in [5.74, 6) is 2.03. The molecule has 1 atom stereocenters. The zero-order chi connectivity index (χ0) is 10.7. The molecule has 2 aromatic heterocycles. The third kappa shape index (κ3) is 2.41. The monoisotopic (exact) mass is 239 g/mol. The van der Waals surface area contributed by atoms with E-state index in [0.717, 1.165) is 21.8 Å². The number of anilines is 1. The molecule has 5 heteroatoms. The van der Waals surface area contributed by atoms with E-state index in [4.69, 9.17) is 0 Å². The van der Waals surface area contributed by atoms with Crippen molar-refractivity contribution in [2.45, 2.75) is 13.0 Å². The Kier molecular flexibility index (Phi) is 3.43. The SMILES string of the molecule is CSCC(C)Nc1ncnc2sccc12. The van der Waals surface area contributed by atoms with Gasteiger partial charge in [-0.3, -0.25) is 0 Å². The summed E-state index contributed by atoms with van der Waals surface area (Å²) >= 11 is 3.48. The fraction of sp³-hybridized carbons (Fsp3) is 0.400. The molecule has 0 fully saturated rings. The van der Waals surface area contributed by atoms with E-state index in [1.165, 1.54) is 0 Å². The zero-order valence-corrected chi connectivity index (χ0v) is 10.4. The fourth-order valence-electron chi connectivity index (χ4n) is 1.43. The van der Waals surface area contributed by atoms with Gasteiger partial charge in [0, 0.05) is 11.8 Å². The number of hydrogen-bond acceptors (Lipinski definition) is 5. The van der Waals surface area contributed by atoms with Crippen molar-refractivity contribution in [1.29, 1.82) is 0 Å². The molecule has 0 aliphatic carbocycles. The van der Waals surface area contributed by atoms with Gasteiger partial charge >= 0.3 is 0 Å². The molecule has 0 amide bonds. The van der Waals surface area contributed by atoms with Crippen molar-refractivity contribution in [2.75, 3.05) is 17.3 Å². The average molecular weight is 239 g/mol. The Morgan fingerprint density at radius 3 is 3.20 bits per heavy atom. The maximum absolute atomic E-state index is 4.28. The van der Waals surface area contributed by atoms with Crippen molar-refractivity contribution < 1.29 is 0 Å². The standard InChI is InChI=1S/C10H13N3S2/c1-7(5-14-2)13-9-8-3-4-15-10(8)12-6-11-9/h3-4,6-7H,5H2,1-2H3,(H,11,12,13). The third-order valence-corrected chi connectivity index (χ3v) is 3.72. The summed E-state index contributed by atoms with van der Waals surface area (Å²) in [5, 5.41) is 6.57. The summed E-state index contributed by atoms with van der Waals surface area (Å²) in [6.45, 7) is 2.16. The molecule has 0 saturated carbocycles. The molecule has 1 N–H and O–H groups in total. The van der Waals surface area contributed by atoms with Crippen molar-refractivity contribution in [2.24, 2.45) is 0 Å². The van der Waals surface area contributed by atoms with Gasteiger partial charge in [0.2, 0.25) is 0 Å². The van der Waals surface area contributed by atoms with Crippen LogP contribution in [-0.2, 0) is 0 Å². The van der Waals surface area contributed by atoms with Crippen LogP contribution < -0.4 is 5.32 Å². The van der Waals surface area contributed by atoms with Gasteiger partial charge in [0.05, 0.1) is 5.39 Å². The van der Waals surface area contributed by atoms with E-state index in [2.05, 4.69) is 34.5 Å². The Bertz CT molecular complexity index is 441. The number of thioether (sulfide) groups is 1. The van der Waals surface area contributed by atoms with Gasteiger partial charge < -0.3 is 5.32 Å². The topological polar surface area (TPSA) is 37.8 Å². The van der Waals surface area contributed by atoms with Crippen LogP contribution >= 0.6 is 23.1 Å². The molecule has 80 valence electrons. The van der Waals surface area contributed by atoms with Crippen LogP contribution in [0.1, 0.15) is 6.92 Å². The Hall–Kier alpha value is -0.810. The van der Waals surface area contributed by atoms with Crippen LogP contribution in [-0.4, -0.2) is 28.0 Å². The molecule has 1 unspecified atom stereocenters. The van der Waals surface area contributed by atoms with Gasteiger partial charge in [0.25, 0.3) is 0 Å². The maximum Gasteiger partial charge on any atom is 0.138 e. The molecule has 0 saturated heterocycles. The predicted octanol–water partition coefficient (Wildman–Crippen LogP) is 2.85. The molecule has 0 aliphatic rings. The lowest BCUT2D eigenvalue weighted by Crippen LogP contribution is -2.18. The largest absolute Gasteiger partial charge is 0.366 e. The number of hydrogen-bond donors (Lipinski definition) is 1. The molecular formula is C10H13N3S2. The van der Waals surface area contributed by atoms with Crippen LogP contribution in [0, 0.1) is 0 Å². The van der Waals surface area contributed by atoms with Gasteiger partial charge in [-0.25, -0.2) is 9.97 Å². The zero-order valence-electron chi connectivity index (χ0n) is 8.73. The van der Waals surface area contributed by atoms with Crippen molar-refractivity contribution in [3.05, 3.63) is 17.8 Å². The summed E-state index contributed by atoms with van der Waals surface area (Å²) in [5.41, 5.74) is 0. The molecule has 2 heterocycles. The predicted molar refractivity (Wildman–Crippen MR) is 68.9 cm³/mol. The number of fused-ring (bicyclic) bond motifs is 1. The number of nitrogens with one attached hydrogen (secondary N) is 1. The molecule has 0 aliphatic heterocycles. The number of rotatable bonds is 4. The first kappa shape index (κ1) is 10.7. The first-order chi connectivity index (χ1) is 7.31. The maximum atomic E-state index is 4.28. The molecule has 0 radical (unpaired) electrons. The molecule has 0 bridgehead atoms. The highest BCUT2D eigenvalue weighted by Gasteiger charge is 2.07. The van der Waals surface area contributed by atoms with Crippen LogP contribution in [0.3, 0.4) is 0 Å². The molecular weight excluding hydrogens is 226 g/mol. The quantitative estimate of drug-likeness (QED) is 0.890. The third-order valence-electron chi connectivity index (χ3n) is 2.06. The fourth-order valence-corrected chi connectivity index (χ4v) is 2.75. The van der Waals surface area contributed by atoms with Gasteiger partial charge in [-0.05, 0) is 24.6 Å². The van der Waals surface area contributed by atoms with E-state index in [-0.39, 0.29) is 0 Å². The summed E-state index contributed by atoms with van der Waals surface area (Å²) in [7, 11) is 0. The van der Waals surface area contributed by atoms with E-state index in [1.54, 1.807) is 17.7 Å². The van der Waals surface area contributed by atoms with Gasteiger partial charge in [0.15, 0.2) is 0 Å². The van der Waals surface area contributed by atoms with Crippen molar-refractivity contribution in [3.8, 4) is 0 Å². The van der Waals surface area contributed by atoms with E-state index in [1.807, 2.05) is 17.1 Å². The van der Waals surface area contributed by atoms with E-state index >= 15 is 0 Å². The lowest BCUT2D eigenvalue weighted by Gasteiger charge is -2.13. The molecule has 15 heavy (non-hydrogen) atoms. The second kappa shape index (κ2) is 4.81.